The Morgan fingerprint density at radius 1 is 1.12 bits per heavy atom. The Balaban J connectivity index is 2.34. The lowest BCUT2D eigenvalue weighted by atomic mass is 10.1. The van der Waals surface area contributed by atoms with Crippen LogP contribution in [0, 0.1) is 6.92 Å². The molecule has 82 valence electrons. The van der Waals surface area contributed by atoms with Crippen LogP contribution in [-0.4, -0.2) is 4.57 Å². The highest BCUT2D eigenvalue weighted by atomic mass is 35.5. The van der Waals surface area contributed by atoms with Gasteiger partial charge in [-0.15, -0.1) is 0 Å². The standard InChI is InChI=1S/C13H12ClNO/c1-10-5-7-11(8-6-10)9-15-12(14)3-2-4-13(15)16/h2-8H,9H2,1H3. The maximum absolute atomic E-state index is 11.6. The number of benzene rings is 1. The summed E-state index contributed by atoms with van der Waals surface area (Å²) in [5.41, 5.74) is 2.20. The molecular formula is C13H12ClNO. The van der Waals surface area contributed by atoms with Crippen LogP contribution in [0.15, 0.2) is 47.3 Å². The van der Waals surface area contributed by atoms with Gasteiger partial charge in [-0.05, 0) is 18.6 Å². The molecule has 0 radical (unpaired) electrons. The smallest absolute Gasteiger partial charge is 0.251 e. The largest absolute Gasteiger partial charge is 0.295 e. The summed E-state index contributed by atoms with van der Waals surface area (Å²) in [6, 6.07) is 13.0. The first-order valence-corrected chi connectivity index (χ1v) is 5.45. The summed E-state index contributed by atoms with van der Waals surface area (Å²) in [4.78, 5) is 11.6. The lowest BCUT2D eigenvalue weighted by Crippen LogP contribution is -2.19. The zero-order valence-electron chi connectivity index (χ0n) is 8.98. The highest BCUT2D eigenvalue weighted by Crippen LogP contribution is 2.09. The van der Waals surface area contributed by atoms with Gasteiger partial charge in [0.2, 0.25) is 0 Å². The molecule has 2 nitrogen and oxygen atoms in total. The van der Waals surface area contributed by atoms with E-state index >= 15 is 0 Å². The van der Waals surface area contributed by atoms with E-state index in [0.29, 0.717) is 11.7 Å². The maximum atomic E-state index is 11.6. The molecule has 0 saturated carbocycles. The monoisotopic (exact) mass is 233 g/mol. The van der Waals surface area contributed by atoms with Crippen molar-refractivity contribution in [2.24, 2.45) is 0 Å². The maximum Gasteiger partial charge on any atom is 0.251 e. The van der Waals surface area contributed by atoms with E-state index in [1.165, 1.54) is 11.6 Å². The minimum Gasteiger partial charge on any atom is -0.295 e. The molecule has 0 N–H and O–H groups in total. The van der Waals surface area contributed by atoms with E-state index in [1.54, 1.807) is 16.7 Å². The predicted molar refractivity (Wildman–Crippen MR) is 66.0 cm³/mol. The van der Waals surface area contributed by atoms with Gasteiger partial charge in [-0.1, -0.05) is 47.5 Å². The summed E-state index contributed by atoms with van der Waals surface area (Å²) in [7, 11) is 0. The summed E-state index contributed by atoms with van der Waals surface area (Å²) in [6.45, 7) is 2.55. The quantitative estimate of drug-likeness (QED) is 0.732. The highest BCUT2D eigenvalue weighted by molar-refractivity contribution is 6.29. The van der Waals surface area contributed by atoms with E-state index in [2.05, 4.69) is 0 Å². The zero-order chi connectivity index (χ0) is 11.5. The van der Waals surface area contributed by atoms with Gasteiger partial charge >= 0.3 is 0 Å². The molecule has 0 saturated heterocycles. The van der Waals surface area contributed by atoms with Crippen molar-refractivity contribution in [3.8, 4) is 0 Å². The average molecular weight is 234 g/mol. The van der Waals surface area contributed by atoms with E-state index < -0.39 is 0 Å². The van der Waals surface area contributed by atoms with Crippen molar-refractivity contribution in [3.05, 3.63) is 69.1 Å². The summed E-state index contributed by atoms with van der Waals surface area (Å²) < 4.78 is 1.55. The second-order valence-corrected chi connectivity index (χ2v) is 4.15. The molecule has 0 atom stereocenters. The van der Waals surface area contributed by atoms with Crippen molar-refractivity contribution in [1.29, 1.82) is 0 Å². The van der Waals surface area contributed by atoms with Crippen LogP contribution in [0.1, 0.15) is 11.1 Å². The third kappa shape index (κ3) is 2.34. The van der Waals surface area contributed by atoms with Gasteiger partial charge in [-0.25, -0.2) is 0 Å². The molecule has 1 aromatic heterocycles. The van der Waals surface area contributed by atoms with E-state index in [-0.39, 0.29) is 5.56 Å². The van der Waals surface area contributed by atoms with Crippen LogP contribution in [0.5, 0.6) is 0 Å². The van der Waals surface area contributed by atoms with E-state index in [0.717, 1.165) is 5.56 Å². The number of hydrogen-bond donors (Lipinski definition) is 0. The van der Waals surface area contributed by atoms with Gasteiger partial charge in [0.25, 0.3) is 5.56 Å². The van der Waals surface area contributed by atoms with Crippen LogP contribution in [-0.2, 0) is 6.54 Å². The second-order valence-electron chi connectivity index (χ2n) is 3.76. The Hall–Kier alpha value is -1.54. The van der Waals surface area contributed by atoms with Gasteiger partial charge in [0, 0.05) is 6.07 Å². The number of nitrogens with zero attached hydrogens (tertiary/aromatic N) is 1. The first kappa shape index (κ1) is 11.0. The molecule has 0 aliphatic rings. The molecule has 1 heterocycles. The summed E-state index contributed by atoms with van der Waals surface area (Å²) in [5, 5.41) is 0.466. The molecule has 0 aliphatic heterocycles. The Labute approximate surface area is 99.1 Å². The Morgan fingerprint density at radius 3 is 2.44 bits per heavy atom. The normalized spacial score (nSPS) is 10.4. The molecule has 3 heteroatoms. The molecule has 1 aromatic carbocycles. The number of pyridine rings is 1. The molecule has 2 rings (SSSR count). The Morgan fingerprint density at radius 2 is 1.81 bits per heavy atom. The van der Waals surface area contributed by atoms with Crippen LogP contribution >= 0.6 is 11.6 Å². The van der Waals surface area contributed by atoms with Crippen molar-refractivity contribution in [1.82, 2.24) is 4.57 Å². The third-order valence-electron chi connectivity index (χ3n) is 2.46. The van der Waals surface area contributed by atoms with Crippen LogP contribution in [0.3, 0.4) is 0 Å². The Bertz CT molecular complexity index is 543. The minimum absolute atomic E-state index is 0.0759. The predicted octanol–water partition coefficient (Wildman–Crippen LogP) is 2.86. The zero-order valence-corrected chi connectivity index (χ0v) is 9.74. The van der Waals surface area contributed by atoms with Crippen LogP contribution in [0.4, 0.5) is 0 Å². The van der Waals surface area contributed by atoms with Crippen LogP contribution in [0.25, 0.3) is 0 Å². The molecule has 0 aliphatic carbocycles. The molecule has 0 fully saturated rings. The fourth-order valence-electron chi connectivity index (χ4n) is 1.52. The highest BCUT2D eigenvalue weighted by Gasteiger charge is 2.01. The van der Waals surface area contributed by atoms with E-state index in [4.69, 9.17) is 11.6 Å². The number of aromatic nitrogens is 1. The lowest BCUT2D eigenvalue weighted by molar-refractivity contribution is 0.760. The summed E-state index contributed by atoms with van der Waals surface area (Å²) in [6.07, 6.45) is 0. The molecule has 16 heavy (non-hydrogen) atoms. The fraction of sp³-hybridized carbons (Fsp3) is 0.154. The van der Waals surface area contributed by atoms with Gasteiger partial charge in [0.05, 0.1) is 6.54 Å². The number of halogens is 1. The lowest BCUT2D eigenvalue weighted by Gasteiger charge is -2.07. The van der Waals surface area contributed by atoms with Crippen LogP contribution in [0.2, 0.25) is 5.15 Å². The SMILES string of the molecule is Cc1ccc(Cn2c(Cl)cccc2=O)cc1. The first-order valence-electron chi connectivity index (χ1n) is 5.08. The van der Waals surface area contributed by atoms with Gasteiger partial charge < -0.3 is 0 Å². The molecule has 0 amide bonds. The fourth-order valence-corrected chi connectivity index (χ4v) is 1.74. The van der Waals surface area contributed by atoms with Gasteiger partial charge in [-0.3, -0.25) is 9.36 Å². The Kier molecular flexibility index (Phi) is 3.11. The van der Waals surface area contributed by atoms with Gasteiger partial charge in [-0.2, -0.15) is 0 Å². The van der Waals surface area contributed by atoms with Crippen molar-refractivity contribution >= 4 is 11.6 Å². The molecule has 0 spiro atoms. The number of hydrogen-bond acceptors (Lipinski definition) is 1. The molecule has 2 aromatic rings. The summed E-state index contributed by atoms with van der Waals surface area (Å²) in [5.74, 6) is 0. The van der Waals surface area contributed by atoms with E-state index in [9.17, 15) is 4.79 Å². The summed E-state index contributed by atoms with van der Waals surface area (Å²) >= 11 is 5.97. The number of rotatable bonds is 2. The second kappa shape index (κ2) is 4.54. The number of aryl methyl sites for hydroxylation is 1. The molecule has 0 bridgehead atoms. The average Bonchev–Trinajstić information content (AvgIpc) is 2.26. The van der Waals surface area contributed by atoms with E-state index in [1.807, 2.05) is 31.2 Å². The van der Waals surface area contributed by atoms with Gasteiger partial charge in [0.1, 0.15) is 5.15 Å². The van der Waals surface area contributed by atoms with Crippen molar-refractivity contribution < 1.29 is 0 Å². The minimum atomic E-state index is -0.0759. The third-order valence-corrected chi connectivity index (χ3v) is 2.79. The van der Waals surface area contributed by atoms with Crippen molar-refractivity contribution in [3.63, 3.8) is 0 Å². The first-order chi connectivity index (χ1) is 7.66. The van der Waals surface area contributed by atoms with Crippen molar-refractivity contribution in [2.45, 2.75) is 13.5 Å². The van der Waals surface area contributed by atoms with Crippen molar-refractivity contribution in [2.75, 3.05) is 0 Å². The molecule has 0 unspecified atom stereocenters. The van der Waals surface area contributed by atoms with Gasteiger partial charge in [0.15, 0.2) is 0 Å². The van der Waals surface area contributed by atoms with Crippen LogP contribution < -0.4 is 5.56 Å². The topological polar surface area (TPSA) is 22.0 Å². The molecular weight excluding hydrogens is 222 g/mol.